The Bertz CT molecular complexity index is 2150. The number of aryl methyl sites for hydroxylation is 1. The predicted octanol–water partition coefficient (Wildman–Crippen LogP) is 3.02. The molecule has 7 amide bonds. The maximum atomic E-state index is 13.2. The number of nitrogens with zero attached hydrogens (tertiary/aromatic N) is 5. The van der Waals surface area contributed by atoms with Gasteiger partial charge in [0, 0.05) is 49.2 Å². The van der Waals surface area contributed by atoms with Crippen molar-refractivity contribution >= 4 is 46.9 Å². The van der Waals surface area contributed by atoms with Crippen molar-refractivity contribution in [3.63, 3.8) is 0 Å². The number of amides is 7. The van der Waals surface area contributed by atoms with Crippen LogP contribution in [-0.4, -0.2) is 124 Å². The van der Waals surface area contributed by atoms with Crippen molar-refractivity contribution in [2.24, 2.45) is 0 Å². The Morgan fingerprint density at radius 3 is 2.33 bits per heavy atom. The summed E-state index contributed by atoms with van der Waals surface area (Å²) in [7, 11) is 0. The standard InChI is InChI=1S/C42H49N9O10/c52-36-17-16-35(39(54)45-36)51-40(55)33-10-6-11-34(37(33)41(51)56)43-18-21-59-23-25-61-26-24-60-22-20-50-28-32(46-48-50)9-4-5-19-49(42(57)44-31-7-2-1-3-8-31)27-29-12-14-30(15-13-29)38(53)47-58/h1-3,6-8,10-15,28,35,43,58H,4-5,9,16-27H2,(H,44,57)(H,47,53)(H,45,52,54). The average Bonchev–Trinajstić information content (AvgIpc) is 3.83. The van der Waals surface area contributed by atoms with Crippen molar-refractivity contribution in [3.05, 3.63) is 107 Å². The van der Waals surface area contributed by atoms with Gasteiger partial charge in [0.15, 0.2) is 0 Å². The first kappa shape index (κ1) is 44.0. The monoisotopic (exact) mass is 839 g/mol. The van der Waals surface area contributed by atoms with Crippen LogP contribution >= 0.6 is 0 Å². The summed E-state index contributed by atoms with van der Waals surface area (Å²) >= 11 is 0. The highest BCUT2D eigenvalue weighted by Gasteiger charge is 2.45. The van der Waals surface area contributed by atoms with Crippen LogP contribution in [0.15, 0.2) is 79.0 Å². The van der Waals surface area contributed by atoms with E-state index >= 15 is 0 Å². The molecule has 0 aliphatic carbocycles. The number of carbonyl (C=O) groups is 6. The van der Waals surface area contributed by atoms with Crippen LogP contribution in [0.4, 0.5) is 16.2 Å². The van der Waals surface area contributed by atoms with Crippen LogP contribution < -0.4 is 21.4 Å². The molecule has 2 aliphatic rings. The summed E-state index contributed by atoms with van der Waals surface area (Å²) in [6, 6.07) is 19.5. The largest absolute Gasteiger partial charge is 0.382 e. The second-order valence-corrected chi connectivity index (χ2v) is 14.2. The Morgan fingerprint density at radius 1 is 0.852 bits per heavy atom. The molecule has 0 radical (unpaired) electrons. The van der Waals surface area contributed by atoms with E-state index in [1.165, 1.54) is 0 Å². The van der Waals surface area contributed by atoms with Gasteiger partial charge in [0.2, 0.25) is 11.8 Å². The Labute approximate surface area is 351 Å². The number of nitrogens with one attached hydrogen (secondary N) is 4. The lowest BCUT2D eigenvalue weighted by atomic mass is 10.0. The first-order valence-electron chi connectivity index (χ1n) is 20.1. The number of urea groups is 1. The third-order valence-electron chi connectivity index (χ3n) is 9.94. The Morgan fingerprint density at radius 2 is 1.59 bits per heavy atom. The number of piperidine rings is 1. The van der Waals surface area contributed by atoms with Gasteiger partial charge in [-0.1, -0.05) is 41.6 Å². The van der Waals surface area contributed by atoms with Crippen molar-refractivity contribution in [3.8, 4) is 0 Å². The first-order valence-corrected chi connectivity index (χ1v) is 20.1. The topological polar surface area (TPSA) is 236 Å². The quantitative estimate of drug-likeness (QED) is 0.0313. The third kappa shape index (κ3) is 12.3. The normalized spacial score (nSPS) is 14.8. The zero-order chi connectivity index (χ0) is 43.0. The number of aromatic nitrogens is 3. The molecule has 1 aromatic heterocycles. The molecule has 1 atom stereocenters. The van der Waals surface area contributed by atoms with Gasteiger partial charge in [0.25, 0.3) is 17.7 Å². The number of ether oxygens (including phenoxy) is 3. The summed E-state index contributed by atoms with van der Waals surface area (Å²) in [6.07, 6.45) is 4.22. The van der Waals surface area contributed by atoms with Gasteiger partial charge in [-0.25, -0.2) is 15.0 Å². The maximum absolute atomic E-state index is 13.2. The minimum absolute atomic E-state index is 0.0538. The number of anilines is 2. The van der Waals surface area contributed by atoms with Crippen LogP contribution in [0.25, 0.3) is 0 Å². The van der Waals surface area contributed by atoms with Crippen LogP contribution in [0.2, 0.25) is 0 Å². The number of hydrogen-bond donors (Lipinski definition) is 5. The van der Waals surface area contributed by atoms with Crippen molar-refractivity contribution < 1.29 is 48.2 Å². The van der Waals surface area contributed by atoms with E-state index in [0.717, 1.165) is 29.0 Å². The zero-order valence-electron chi connectivity index (χ0n) is 33.5. The molecule has 1 fully saturated rings. The summed E-state index contributed by atoms with van der Waals surface area (Å²) in [4.78, 5) is 77.7. The number of rotatable bonds is 23. The lowest BCUT2D eigenvalue weighted by molar-refractivity contribution is -0.136. The summed E-state index contributed by atoms with van der Waals surface area (Å²) in [5.74, 6) is -2.82. The molecular formula is C42H49N9O10. The zero-order valence-corrected chi connectivity index (χ0v) is 33.5. The molecule has 5 N–H and O–H groups in total. The fraction of sp³-hybridized carbons (Fsp3) is 0.381. The van der Waals surface area contributed by atoms with Crippen molar-refractivity contribution in [2.45, 2.75) is 51.2 Å². The number of hydrogen-bond acceptors (Lipinski definition) is 13. The molecule has 1 saturated heterocycles. The summed E-state index contributed by atoms with van der Waals surface area (Å²) in [5, 5.41) is 25.6. The van der Waals surface area contributed by atoms with Gasteiger partial charge in [-0.3, -0.25) is 39.4 Å². The number of hydroxylamine groups is 1. The molecule has 2 aliphatic heterocycles. The van der Waals surface area contributed by atoms with Gasteiger partial charge >= 0.3 is 6.03 Å². The number of fused-ring (bicyclic) bond motifs is 1. The molecule has 3 aromatic carbocycles. The molecule has 0 bridgehead atoms. The van der Waals surface area contributed by atoms with Gasteiger partial charge in [-0.15, -0.1) is 5.10 Å². The number of benzene rings is 3. The lowest BCUT2D eigenvalue weighted by Gasteiger charge is -2.27. The van der Waals surface area contributed by atoms with Crippen molar-refractivity contribution in [2.75, 3.05) is 63.4 Å². The molecule has 3 heterocycles. The molecule has 6 rings (SSSR count). The van der Waals surface area contributed by atoms with Gasteiger partial charge in [-0.2, -0.15) is 0 Å². The molecule has 1 unspecified atom stereocenters. The summed E-state index contributed by atoms with van der Waals surface area (Å²) in [6.45, 7) is 3.93. The minimum Gasteiger partial charge on any atom is -0.382 e. The van der Waals surface area contributed by atoms with Crippen LogP contribution in [0, 0.1) is 0 Å². The fourth-order valence-corrected chi connectivity index (χ4v) is 6.81. The van der Waals surface area contributed by atoms with Crippen LogP contribution in [-0.2, 0) is 43.3 Å². The van der Waals surface area contributed by atoms with Crippen molar-refractivity contribution in [1.82, 2.24) is 35.6 Å². The summed E-state index contributed by atoms with van der Waals surface area (Å²) < 4.78 is 18.6. The molecule has 19 heteroatoms. The van der Waals surface area contributed by atoms with E-state index in [0.29, 0.717) is 89.2 Å². The van der Waals surface area contributed by atoms with Crippen LogP contribution in [0.1, 0.15) is 68.0 Å². The maximum Gasteiger partial charge on any atom is 0.322 e. The molecule has 4 aromatic rings. The Kier molecular flexibility index (Phi) is 16.0. The number of carbonyl (C=O) groups excluding carboxylic acids is 6. The van der Waals surface area contributed by atoms with Crippen LogP contribution in [0.5, 0.6) is 0 Å². The van der Waals surface area contributed by atoms with Gasteiger partial charge in [0.05, 0.1) is 63.0 Å². The van der Waals surface area contributed by atoms with Gasteiger partial charge < -0.3 is 29.7 Å². The minimum atomic E-state index is -1.03. The lowest BCUT2D eigenvalue weighted by Crippen LogP contribution is -2.54. The highest BCUT2D eigenvalue weighted by atomic mass is 16.5. The van der Waals surface area contributed by atoms with E-state index in [1.807, 2.05) is 36.5 Å². The Hall–Kier alpha value is -6.54. The summed E-state index contributed by atoms with van der Waals surface area (Å²) in [5.41, 5.74) is 5.15. The fourth-order valence-electron chi connectivity index (χ4n) is 6.81. The Balaban J connectivity index is 0.814. The molecule has 19 nitrogen and oxygen atoms in total. The predicted molar refractivity (Wildman–Crippen MR) is 219 cm³/mol. The van der Waals surface area contributed by atoms with E-state index in [-0.39, 0.29) is 30.0 Å². The highest BCUT2D eigenvalue weighted by molar-refractivity contribution is 6.25. The number of imide groups is 2. The smallest absolute Gasteiger partial charge is 0.322 e. The van der Waals surface area contributed by atoms with Crippen molar-refractivity contribution in [1.29, 1.82) is 0 Å². The molecule has 61 heavy (non-hydrogen) atoms. The SMILES string of the molecule is O=C1CCC(N2C(=O)c3cccc(NCCOCCOCCOCCn4cc(CCCCN(Cc5ccc(C(=O)NO)cc5)C(=O)Nc5ccccc5)nn4)c3C2=O)C(=O)N1. The molecular weight excluding hydrogens is 791 g/mol. The van der Waals surface area contributed by atoms with Gasteiger partial charge in [0.1, 0.15) is 6.04 Å². The van der Waals surface area contributed by atoms with Crippen LogP contribution in [0.3, 0.4) is 0 Å². The molecule has 322 valence electrons. The van der Waals surface area contributed by atoms with E-state index in [2.05, 4.69) is 26.3 Å². The molecule has 0 saturated carbocycles. The first-order chi connectivity index (χ1) is 29.7. The highest BCUT2D eigenvalue weighted by Crippen LogP contribution is 2.32. The molecule has 0 spiro atoms. The van der Waals surface area contributed by atoms with E-state index in [9.17, 15) is 28.8 Å². The second-order valence-electron chi connectivity index (χ2n) is 14.2. The van der Waals surface area contributed by atoms with Gasteiger partial charge in [-0.05, 0) is 67.6 Å². The van der Waals surface area contributed by atoms with E-state index in [4.69, 9.17) is 19.4 Å². The second kappa shape index (κ2) is 22.2. The number of para-hydroxylation sites is 1. The van der Waals surface area contributed by atoms with E-state index < -0.39 is 35.6 Å². The van der Waals surface area contributed by atoms with E-state index in [1.54, 1.807) is 57.5 Å². The third-order valence-corrected chi connectivity index (χ3v) is 9.94. The number of unbranched alkanes of at least 4 members (excludes halogenated alkanes) is 1. The average molecular weight is 840 g/mol.